The Kier molecular flexibility index (Phi) is 4.14. The number of nitrogen functional groups attached to an aromatic ring is 1. The highest BCUT2D eigenvalue weighted by Gasteiger charge is 2.29. The molecule has 1 aliphatic carbocycles. The number of hydrogen-bond donors (Lipinski definition) is 3. The van der Waals surface area contributed by atoms with Gasteiger partial charge in [0, 0.05) is 19.3 Å². The monoisotopic (exact) mass is 265 g/mol. The second-order valence-electron chi connectivity index (χ2n) is 5.41. The molecule has 5 nitrogen and oxygen atoms in total. The van der Waals surface area contributed by atoms with Crippen LogP contribution in [0.3, 0.4) is 0 Å². The molecule has 0 aromatic carbocycles. The lowest BCUT2D eigenvalue weighted by molar-refractivity contribution is 0.00517. The van der Waals surface area contributed by atoms with Gasteiger partial charge in [0.1, 0.15) is 5.69 Å². The van der Waals surface area contributed by atoms with E-state index in [9.17, 15) is 9.90 Å². The van der Waals surface area contributed by atoms with Crippen molar-refractivity contribution in [1.82, 2.24) is 9.88 Å². The Morgan fingerprint density at radius 3 is 2.79 bits per heavy atom. The number of aryl methyl sites for hydroxylation is 1. The topological polar surface area (TPSA) is 80.3 Å². The van der Waals surface area contributed by atoms with E-state index in [0.29, 0.717) is 24.5 Å². The van der Waals surface area contributed by atoms with Crippen molar-refractivity contribution in [3.63, 3.8) is 0 Å². The number of amides is 1. The molecule has 0 saturated heterocycles. The van der Waals surface area contributed by atoms with Gasteiger partial charge in [0.05, 0.1) is 11.3 Å². The number of aliphatic hydroxyl groups is 1. The number of nitrogens with zero attached hydrogens (tertiary/aromatic N) is 1. The molecule has 0 unspecified atom stereocenters. The van der Waals surface area contributed by atoms with Gasteiger partial charge in [0.2, 0.25) is 0 Å². The molecule has 0 spiro atoms. The van der Waals surface area contributed by atoms with Gasteiger partial charge in [-0.15, -0.1) is 0 Å². The fraction of sp³-hybridized carbons (Fsp3) is 0.643. The number of anilines is 1. The molecule has 19 heavy (non-hydrogen) atoms. The zero-order valence-corrected chi connectivity index (χ0v) is 11.5. The summed E-state index contributed by atoms with van der Waals surface area (Å²) in [5.74, 6) is -0.169. The van der Waals surface area contributed by atoms with E-state index in [4.69, 9.17) is 5.73 Å². The first-order valence-electron chi connectivity index (χ1n) is 7.00. The van der Waals surface area contributed by atoms with Crippen LogP contribution in [0.4, 0.5) is 5.69 Å². The van der Waals surface area contributed by atoms with Crippen molar-refractivity contribution < 1.29 is 9.90 Å². The van der Waals surface area contributed by atoms with Crippen molar-refractivity contribution >= 4 is 11.6 Å². The van der Waals surface area contributed by atoms with Crippen molar-refractivity contribution in [2.45, 2.75) is 51.2 Å². The molecule has 4 N–H and O–H groups in total. The van der Waals surface area contributed by atoms with E-state index in [-0.39, 0.29) is 5.91 Å². The average Bonchev–Trinajstić information content (AvgIpc) is 2.78. The molecular weight excluding hydrogens is 242 g/mol. The van der Waals surface area contributed by atoms with Gasteiger partial charge >= 0.3 is 0 Å². The van der Waals surface area contributed by atoms with E-state index in [2.05, 4.69) is 5.32 Å². The van der Waals surface area contributed by atoms with Crippen LogP contribution in [-0.4, -0.2) is 27.7 Å². The maximum Gasteiger partial charge on any atom is 0.268 e. The number of aromatic nitrogens is 1. The van der Waals surface area contributed by atoms with Crippen LogP contribution in [0.2, 0.25) is 0 Å². The summed E-state index contributed by atoms with van der Waals surface area (Å²) in [6.07, 6.45) is 6.53. The van der Waals surface area contributed by atoms with Crippen LogP contribution in [0, 0.1) is 0 Å². The molecule has 1 aromatic rings. The fourth-order valence-electron chi connectivity index (χ4n) is 2.71. The minimum absolute atomic E-state index is 0.169. The van der Waals surface area contributed by atoms with Crippen LogP contribution in [0.25, 0.3) is 0 Å². The molecular formula is C14H23N3O2. The second-order valence-corrected chi connectivity index (χ2v) is 5.41. The fourth-order valence-corrected chi connectivity index (χ4v) is 2.71. The van der Waals surface area contributed by atoms with Gasteiger partial charge in [-0.05, 0) is 25.8 Å². The SMILES string of the molecule is CCn1cc(N)cc1C(=O)NCC1(O)CCCCC1. The summed E-state index contributed by atoms with van der Waals surface area (Å²) in [5, 5.41) is 13.2. The zero-order valence-electron chi connectivity index (χ0n) is 11.5. The predicted molar refractivity (Wildman–Crippen MR) is 74.9 cm³/mol. The lowest BCUT2D eigenvalue weighted by Gasteiger charge is -2.32. The molecule has 0 atom stereocenters. The Hall–Kier alpha value is -1.49. The number of nitrogens with one attached hydrogen (secondary N) is 1. The smallest absolute Gasteiger partial charge is 0.268 e. The number of hydrogen-bond acceptors (Lipinski definition) is 3. The van der Waals surface area contributed by atoms with E-state index in [1.807, 2.05) is 11.5 Å². The largest absolute Gasteiger partial charge is 0.397 e. The molecule has 5 heteroatoms. The highest BCUT2D eigenvalue weighted by molar-refractivity contribution is 5.93. The molecule has 1 amide bonds. The van der Waals surface area contributed by atoms with Crippen LogP contribution in [0.5, 0.6) is 0 Å². The Morgan fingerprint density at radius 2 is 2.16 bits per heavy atom. The highest BCUT2D eigenvalue weighted by atomic mass is 16.3. The molecule has 0 bridgehead atoms. The van der Waals surface area contributed by atoms with E-state index in [1.54, 1.807) is 12.3 Å². The Bertz CT molecular complexity index is 448. The van der Waals surface area contributed by atoms with E-state index in [1.165, 1.54) is 6.42 Å². The third kappa shape index (κ3) is 3.29. The van der Waals surface area contributed by atoms with Gasteiger partial charge in [-0.3, -0.25) is 4.79 Å². The van der Waals surface area contributed by atoms with Crippen molar-refractivity contribution in [3.8, 4) is 0 Å². The van der Waals surface area contributed by atoms with Gasteiger partial charge < -0.3 is 20.7 Å². The maximum atomic E-state index is 12.1. The Morgan fingerprint density at radius 1 is 1.47 bits per heavy atom. The van der Waals surface area contributed by atoms with Crippen LogP contribution in [0.15, 0.2) is 12.3 Å². The summed E-state index contributed by atoms with van der Waals surface area (Å²) in [4.78, 5) is 12.1. The molecule has 1 aliphatic rings. The van der Waals surface area contributed by atoms with Crippen LogP contribution in [-0.2, 0) is 6.54 Å². The third-order valence-corrected chi connectivity index (χ3v) is 3.85. The third-order valence-electron chi connectivity index (χ3n) is 3.85. The van der Waals surface area contributed by atoms with E-state index < -0.39 is 5.60 Å². The van der Waals surface area contributed by atoms with Gasteiger partial charge in [-0.1, -0.05) is 19.3 Å². The van der Waals surface area contributed by atoms with Gasteiger partial charge in [0.15, 0.2) is 0 Å². The number of carbonyl (C=O) groups excluding carboxylic acids is 1. The minimum atomic E-state index is -0.733. The summed E-state index contributed by atoms with van der Waals surface area (Å²) < 4.78 is 1.82. The molecule has 0 aliphatic heterocycles. The van der Waals surface area contributed by atoms with Crippen molar-refractivity contribution in [3.05, 3.63) is 18.0 Å². The Labute approximate surface area is 113 Å². The summed E-state index contributed by atoms with van der Waals surface area (Å²) in [6.45, 7) is 2.98. The highest BCUT2D eigenvalue weighted by Crippen LogP contribution is 2.27. The summed E-state index contributed by atoms with van der Waals surface area (Å²) in [5.41, 5.74) is 6.12. The number of rotatable bonds is 4. The van der Waals surface area contributed by atoms with Crippen molar-refractivity contribution in [2.24, 2.45) is 0 Å². The Balaban J connectivity index is 1.97. The van der Waals surface area contributed by atoms with E-state index in [0.717, 1.165) is 25.7 Å². The first-order chi connectivity index (χ1) is 9.04. The second kappa shape index (κ2) is 5.65. The lowest BCUT2D eigenvalue weighted by atomic mass is 9.85. The number of nitrogens with two attached hydrogens (primary N) is 1. The predicted octanol–water partition coefficient (Wildman–Crippen LogP) is 1.52. The summed E-state index contributed by atoms with van der Waals surface area (Å²) in [6, 6.07) is 1.67. The van der Waals surface area contributed by atoms with Gasteiger partial charge in [-0.25, -0.2) is 0 Å². The summed E-state index contributed by atoms with van der Waals surface area (Å²) >= 11 is 0. The standard InChI is InChI=1S/C14H23N3O2/c1-2-17-9-11(15)8-12(17)13(18)16-10-14(19)6-4-3-5-7-14/h8-9,19H,2-7,10,15H2,1H3,(H,16,18). The number of carbonyl (C=O) groups is 1. The normalized spacial score (nSPS) is 18.2. The molecule has 106 valence electrons. The van der Waals surface area contributed by atoms with Gasteiger partial charge in [0.25, 0.3) is 5.91 Å². The maximum absolute atomic E-state index is 12.1. The quantitative estimate of drug-likeness (QED) is 0.772. The molecule has 1 fully saturated rings. The van der Waals surface area contributed by atoms with Gasteiger partial charge in [-0.2, -0.15) is 0 Å². The molecule has 1 aromatic heterocycles. The first kappa shape index (κ1) is 13.9. The van der Waals surface area contributed by atoms with Crippen LogP contribution >= 0.6 is 0 Å². The molecule has 0 radical (unpaired) electrons. The van der Waals surface area contributed by atoms with Crippen LogP contribution < -0.4 is 11.1 Å². The van der Waals surface area contributed by atoms with E-state index >= 15 is 0 Å². The zero-order chi connectivity index (χ0) is 13.9. The van der Waals surface area contributed by atoms with Crippen molar-refractivity contribution in [1.29, 1.82) is 0 Å². The van der Waals surface area contributed by atoms with Crippen LogP contribution in [0.1, 0.15) is 49.5 Å². The average molecular weight is 265 g/mol. The first-order valence-corrected chi connectivity index (χ1v) is 7.00. The lowest BCUT2D eigenvalue weighted by Crippen LogP contribution is -2.44. The molecule has 1 saturated carbocycles. The summed E-state index contributed by atoms with van der Waals surface area (Å²) in [7, 11) is 0. The molecule has 2 rings (SSSR count). The van der Waals surface area contributed by atoms with Crippen molar-refractivity contribution in [2.75, 3.05) is 12.3 Å². The minimum Gasteiger partial charge on any atom is -0.397 e. The molecule has 1 heterocycles.